The summed E-state index contributed by atoms with van der Waals surface area (Å²) in [5.74, 6) is 1.10. The molecule has 0 aliphatic carbocycles. The summed E-state index contributed by atoms with van der Waals surface area (Å²) in [6.45, 7) is 0. The molecule has 0 atom stereocenters. The molecule has 0 saturated heterocycles. The van der Waals surface area contributed by atoms with E-state index in [0.29, 0.717) is 32.9 Å². The van der Waals surface area contributed by atoms with Gasteiger partial charge in [0, 0.05) is 27.2 Å². The molecule has 1 amide bonds. The highest BCUT2D eigenvalue weighted by molar-refractivity contribution is 7.99. The number of nitrogens with one attached hydrogen (secondary N) is 2. The average molecular weight is 511 g/mol. The summed E-state index contributed by atoms with van der Waals surface area (Å²) in [6.07, 6.45) is 0. The largest absolute Gasteiger partial charge is 0.497 e. The molecule has 2 N–H and O–H groups in total. The van der Waals surface area contributed by atoms with E-state index in [4.69, 9.17) is 27.9 Å². The van der Waals surface area contributed by atoms with Crippen LogP contribution in [0, 0.1) is 0 Å². The van der Waals surface area contributed by atoms with E-state index in [1.54, 1.807) is 42.5 Å². The SMILES string of the molecule is COc1ccc(NS(=O)(=O)c2ccc(NC(=O)CSCc3c(Cl)cccc3Cl)cc2)cc1. The summed E-state index contributed by atoms with van der Waals surface area (Å²) in [5.41, 5.74) is 1.70. The molecule has 0 spiro atoms. The zero-order valence-electron chi connectivity index (χ0n) is 17.0. The lowest BCUT2D eigenvalue weighted by Gasteiger charge is -2.10. The lowest BCUT2D eigenvalue weighted by Crippen LogP contribution is -2.15. The van der Waals surface area contributed by atoms with E-state index in [0.717, 1.165) is 5.56 Å². The van der Waals surface area contributed by atoms with E-state index in [1.165, 1.54) is 43.1 Å². The van der Waals surface area contributed by atoms with Crippen molar-refractivity contribution in [2.24, 2.45) is 0 Å². The van der Waals surface area contributed by atoms with Crippen LogP contribution in [0.25, 0.3) is 0 Å². The molecular weight excluding hydrogens is 491 g/mol. The highest BCUT2D eigenvalue weighted by Gasteiger charge is 2.15. The Balaban J connectivity index is 1.54. The first-order valence-electron chi connectivity index (χ1n) is 9.36. The number of halogens is 2. The number of thioether (sulfide) groups is 1. The van der Waals surface area contributed by atoms with Crippen molar-refractivity contribution in [3.8, 4) is 5.75 Å². The van der Waals surface area contributed by atoms with E-state index in [9.17, 15) is 13.2 Å². The summed E-state index contributed by atoms with van der Waals surface area (Å²) < 4.78 is 32.7. The van der Waals surface area contributed by atoms with Gasteiger partial charge < -0.3 is 10.1 Å². The van der Waals surface area contributed by atoms with Crippen LogP contribution in [0.4, 0.5) is 11.4 Å². The second-order valence-electron chi connectivity index (χ2n) is 6.60. The zero-order chi connectivity index (χ0) is 23.1. The Morgan fingerprint density at radius 3 is 2.12 bits per heavy atom. The summed E-state index contributed by atoms with van der Waals surface area (Å²) in [7, 11) is -2.23. The molecule has 6 nitrogen and oxygen atoms in total. The lowest BCUT2D eigenvalue weighted by atomic mass is 10.2. The van der Waals surface area contributed by atoms with Crippen molar-refractivity contribution in [1.29, 1.82) is 0 Å². The number of carbonyl (C=O) groups is 1. The Hall–Kier alpha value is -2.39. The Morgan fingerprint density at radius 2 is 1.53 bits per heavy atom. The Labute approximate surface area is 201 Å². The van der Waals surface area contributed by atoms with Gasteiger partial charge >= 0.3 is 0 Å². The van der Waals surface area contributed by atoms with Gasteiger partial charge in [-0.1, -0.05) is 29.3 Å². The summed E-state index contributed by atoms with van der Waals surface area (Å²) in [4.78, 5) is 12.3. The van der Waals surface area contributed by atoms with Crippen LogP contribution in [0.1, 0.15) is 5.56 Å². The number of ether oxygens (including phenoxy) is 1. The van der Waals surface area contributed by atoms with Crippen molar-refractivity contribution < 1.29 is 17.9 Å². The molecule has 3 rings (SSSR count). The number of benzene rings is 3. The van der Waals surface area contributed by atoms with Gasteiger partial charge in [0.05, 0.1) is 17.8 Å². The molecule has 0 saturated carbocycles. The minimum atomic E-state index is -3.76. The van der Waals surface area contributed by atoms with Crippen molar-refractivity contribution in [3.63, 3.8) is 0 Å². The zero-order valence-corrected chi connectivity index (χ0v) is 20.1. The van der Waals surface area contributed by atoms with Gasteiger partial charge in [-0.3, -0.25) is 9.52 Å². The molecule has 168 valence electrons. The Bertz CT molecular complexity index is 1170. The van der Waals surface area contributed by atoms with E-state index in [1.807, 2.05) is 0 Å². The quantitative estimate of drug-likeness (QED) is 0.387. The fraction of sp³-hybridized carbons (Fsp3) is 0.136. The molecule has 0 radical (unpaired) electrons. The first kappa shape index (κ1) is 24.3. The van der Waals surface area contributed by atoms with Gasteiger partial charge in [-0.25, -0.2) is 8.42 Å². The molecule has 0 heterocycles. The fourth-order valence-electron chi connectivity index (χ4n) is 2.70. The molecule has 0 aliphatic rings. The number of rotatable bonds is 9. The molecule has 0 aromatic heterocycles. The van der Waals surface area contributed by atoms with E-state index in [2.05, 4.69) is 10.0 Å². The van der Waals surface area contributed by atoms with Gasteiger partial charge in [0.25, 0.3) is 10.0 Å². The normalized spacial score (nSPS) is 11.1. The summed E-state index contributed by atoms with van der Waals surface area (Å²) in [6, 6.07) is 17.7. The maximum Gasteiger partial charge on any atom is 0.261 e. The van der Waals surface area contributed by atoms with Gasteiger partial charge in [0.2, 0.25) is 5.91 Å². The van der Waals surface area contributed by atoms with Crippen molar-refractivity contribution in [3.05, 3.63) is 82.3 Å². The van der Waals surface area contributed by atoms with Crippen LogP contribution in [0.15, 0.2) is 71.6 Å². The second kappa shape index (κ2) is 11.0. The first-order valence-corrected chi connectivity index (χ1v) is 12.8. The van der Waals surface area contributed by atoms with Crippen LogP contribution >= 0.6 is 35.0 Å². The molecule has 32 heavy (non-hydrogen) atoms. The number of anilines is 2. The predicted molar refractivity (Wildman–Crippen MR) is 131 cm³/mol. The monoisotopic (exact) mass is 510 g/mol. The number of hydrogen-bond acceptors (Lipinski definition) is 5. The summed E-state index contributed by atoms with van der Waals surface area (Å²) in [5, 5.41) is 3.86. The minimum absolute atomic E-state index is 0.0778. The van der Waals surface area contributed by atoms with Crippen LogP contribution in [0.5, 0.6) is 5.75 Å². The third-order valence-electron chi connectivity index (χ3n) is 4.33. The van der Waals surface area contributed by atoms with Crippen molar-refractivity contribution in [2.45, 2.75) is 10.6 Å². The van der Waals surface area contributed by atoms with Crippen LogP contribution < -0.4 is 14.8 Å². The van der Waals surface area contributed by atoms with Crippen LogP contribution in [-0.4, -0.2) is 27.2 Å². The maximum absolute atomic E-state index is 12.6. The Morgan fingerprint density at radius 1 is 0.938 bits per heavy atom. The number of hydrogen-bond donors (Lipinski definition) is 2. The molecule has 0 unspecified atom stereocenters. The van der Waals surface area contributed by atoms with Crippen molar-refractivity contribution in [2.75, 3.05) is 22.9 Å². The number of amides is 1. The number of sulfonamides is 1. The summed E-state index contributed by atoms with van der Waals surface area (Å²) >= 11 is 13.6. The third kappa shape index (κ3) is 6.56. The van der Waals surface area contributed by atoms with E-state index < -0.39 is 10.0 Å². The molecule has 3 aromatic rings. The second-order valence-corrected chi connectivity index (χ2v) is 10.1. The third-order valence-corrected chi connectivity index (χ3v) is 7.40. The number of carbonyl (C=O) groups excluding carboxylic acids is 1. The highest BCUT2D eigenvalue weighted by Crippen LogP contribution is 2.28. The van der Waals surface area contributed by atoms with E-state index >= 15 is 0 Å². The van der Waals surface area contributed by atoms with Gasteiger partial charge in [-0.2, -0.15) is 0 Å². The maximum atomic E-state index is 12.6. The molecule has 0 aliphatic heterocycles. The number of methoxy groups -OCH3 is 1. The molecule has 3 aromatic carbocycles. The lowest BCUT2D eigenvalue weighted by molar-refractivity contribution is -0.113. The van der Waals surface area contributed by atoms with Crippen LogP contribution in [0.2, 0.25) is 10.0 Å². The smallest absolute Gasteiger partial charge is 0.261 e. The average Bonchev–Trinajstić information content (AvgIpc) is 2.76. The van der Waals surface area contributed by atoms with Gasteiger partial charge in [0.1, 0.15) is 5.75 Å². The predicted octanol–water partition coefficient (Wildman–Crippen LogP) is 5.67. The molecule has 10 heteroatoms. The van der Waals surface area contributed by atoms with Crippen LogP contribution in [0.3, 0.4) is 0 Å². The topological polar surface area (TPSA) is 84.5 Å². The minimum Gasteiger partial charge on any atom is -0.497 e. The van der Waals surface area contributed by atoms with Gasteiger partial charge in [-0.15, -0.1) is 11.8 Å². The van der Waals surface area contributed by atoms with Crippen molar-refractivity contribution >= 4 is 62.3 Å². The fourth-order valence-corrected chi connectivity index (χ4v) is 5.33. The van der Waals surface area contributed by atoms with Gasteiger partial charge in [0.15, 0.2) is 0 Å². The first-order chi connectivity index (χ1) is 15.3. The highest BCUT2D eigenvalue weighted by atomic mass is 35.5. The van der Waals surface area contributed by atoms with E-state index in [-0.39, 0.29) is 16.6 Å². The molecule has 0 bridgehead atoms. The Kier molecular flexibility index (Phi) is 8.31. The molecule has 0 fully saturated rings. The molecular formula is C22H20Cl2N2O4S2. The standard InChI is InChI=1S/C22H20Cl2N2O4S2/c1-30-17-9-5-16(6-10-17)26-32(28,29)18-11-7-15(8-12-18)25-22(27)14-31-13-19-20(23)3-2-4-21(19)24/h2-12,26H,13-14H2,1H3,(H,25,27). The van der Waals surface area contributed by atoms with Crippen molar-refractivity contribution in [1.82, 2.24) is 0 Å². The van der Waals surface area contributed by atoms with Gasteiger partial charge in [-0.05, 0) is 66.2 Å². The van der Waals surface area contributed by atoms with Crippen LogP contribution in [-0.2, 0) is 20.6 Å².